The summed E-state index contributed by atoms with van der Waals surface area (Å²) in [6.07, 6.45) is 0.474. The predicted molar refractivity (Wildman–Crippen MR) is 129 cm³/mol. The lowest BCUT2D eigenvalue weighted by Gasteiger charge is -2.31. The molecule has 9 heteroatoms. The summed E-state index contributed by atoms with van der Waals surface area (Å²) >= 11 is 7.71. The molecule has 2 aromatic rings. The highest BCUT2D eigenvalue weighted by Gasteiger charge is 2.29. The Hall–Kier alpha value is -2.58. The number of rotatable bonds is 11. The number of halogens is 1. The van der Waals surface area contributed by atoms with Gasteiger partial charge in [0.05, 0.1) is 10.7 Å². The van der Waals surface area contributed by atoms with Crippen LogP contribution < -0.4 is 5.32 Å². The van der Waals surface area contributed by atoms with Crippen LogP contribution in [0, 0.1) is 10.1 Å². The maximum absolute atomic E-state index is 13.2. The number of nitrogens with zero attached hydrogens (tertiary/aromatic N) is 2. The van der Waals surface area contributed by atoms with Crippen LogP contribution in [0.4, 0.5) is 5.69 Å². The Morgan fingerprint density at radius 1 is 1.16 bits per heavy atom. The molecule has 0 aromatic heterocycles. The van der Waals surface area contributed by atoms with Gasteiger partial charge in [0, 0.05) is 35.5 Å². The number of hydrogen-bond donors (Lipinski definition) is 1. The molecule has 0 heterocycles. The molecule has 2 rings (SSSR count). The van der Waals surface area contributed by atoms with E-state index in [1.165, 1.54) is 23.9 Å². The van der Waals surface area contributed by atoms with Gasteiger partial charge in [-0.2, -0.15) is 0 Å². The zero-order valence-corrected chi connectivity index (χ0v) is 20.0. The van der Waals surface area contributed by atoms with E-state index in [0.29, 0.717) is 17.2 Å². The average Bonchev–Trinajstić information content (AvgIpc) is 2.74. The van der Waals surface area contributed by atoms with Gasteiger partial charge in [-0.25, -0.2) is 0 Å². The number of benzene rings is 2. The Morgan fingerprint density at radius 2 is 1.81 bits per heavy atom. The molecule has 172 valence electrons. The van der Waals surface area contributed by atoms with Gasteiger partial charge in [0.25, 0.3) is 5.69 Å². The van der Waals surface area contributed by atoms with Crippen molar-refractivity contribution in [2.45, 2.75) is 51.6 Å². The molecule has 32 heavy (non-hydrogen) atoms. The number of amides is 2. The van der Waals surface area contributed by atoms with Crippen LogP contribution in [0.5, 0.6) is 0 Å². The highest BCUT2D eigenvalue weighted by atomic mass is 35.5. The van der Waals surface area contributed by atoms with E-state index in [2.05, 4.69) is 5.32 Å². The molecule has 0 aliphatic heterocycles. The van der Waals surface area contributed by atoms with Gasteiger partial charge >= 0.3 is 0 Å². The third kappa shape index (κ3) is 7.53. The van der Waals surface area contributed by atoms with Crippen molar-refractivity contribution in [1.82, 2.24) is 10.2 Å². The van der Waals surface area contributed by atoms with E-state index in [1.807, 2.05) is 39.0 Å². The number of nitro benzene ring substituents is 1. The first-order valence-corrected chi connectivity index (χ1v) is 11.9. The van der Waals surface area contributed by atoms with Crippen molar-refractivity contribution in [3.05, 3.63) is 74.8 Å². The summed E-state index contributed by atoms with van der Waals surface area (Å²) in [7, 11) is 0. The normalized spacial score (nSPS) is 11.8. The molecular weight excluding hydrogens is 450 g/mol. The van der Waals surface area contributed by atoms with Gasteiger partial charge in [0.2, 0.25) is 11.8 Å². The highest BCUT2D eigenvalue weighted by molar-refractivity contribution is 7.99. The van der Waals surface area contributed by atoms with Crippen molar-refractivity contribution >= 4 is 40.9 Å². The number of nitro groups is 1. The minimum Gasteiger partial charge on any atom is -0.352 e. The Morgan fingerprint density at radius 3 is 2.38 bits per heavy atom. The molecule has 1 atom stereocenters. The van der Waals surface area contributed by atoms with E-state index in [4.69, 9.17) is 11.6 Å². The maximum Gasteiger partial charge on any atom is 0.269 e. The first-order chi connectivity index (χ1) is 15.2. The zero-order chi connectivity index (χ0) is 23.7. The second kappa shape index (κ2) is 12.5. The van der Waals surface area contributed by atoms with E-state index in [0.717, 1.165) is 11.1 Å². The molecule has 0 spiro atoms. The third-order valence-electron chi connectivity index (χ3n) is 4.76. The smallest absolute Gasteiger partial charge is 0.269 e. The van der Waals surface area contributed by atoms with E-state index >= 15 is 0 Å². The average molecular weight is 478 g/mol. The minimum atomic E-state index is -0.610. The molecule has 0 unspecified atom stereocenters. The van der Waals surface area contributed by atoms with Gasteiger partial charge in [-0.1, -0.05) is 48.9 Å². The van der Waals surface area contributed by atoms with Gasteiger partial charge < -0.3 is 10.2 Å². The van der Waals surface area contributed by atoms with Crippen molar-refractivity contribution < 1.29 is 14.5 Å². The molecule has 1 N–H and O–H groups in total. The number of carbonyl (C=O) groups excluding carboxylic acids is 2. The Bertz CT molecular complexity index is 937. The topological polar surface area (TPSA) is 92.6 Å². The largest absolute Gasteiger partial charge is 0.352 e. The fraction of sp³-hybridized carbons (Fsp3) is 0.391. The molecule has 0 saturated carbocycles. The minimum absolute atomic E-state index is 0.0303. The summed E-state index contributed by atoms with van der Waals surface area (Å²) in [5, 5.41) is 14.2. The number of non-ortho nitro benzene ring substituents is 1. The highest BCUT2D eigenvalue weighted by Crippen LogP contribution is 2.22. The molecular formula is C23H28ClN3O4S. The Kier molecular flexibility index (Phi) is 9.99. The molecule has 0 aliphatic carbocycles. The third-order valence-corrected chi connectivity index (χ3v) is 6.11. The first-order valence-electron chi connectivity index (χ1n) is 10.4. The fourth-order valence-corrected chi connectivity index (χ4v) is 4.23. The second-order valence-electron chi connectivity index (χ2n) is 7.62. The molecule has 0 bridgehead atoms. The summed E-state index contributed by atoms with van der Waals surface area (Å²) in [5.41, 5.74) is 1.69. The van der Waals surface area contributed by atoms with E-state index in [1.54, 1.807) is 23.1 Å². The van der Waals surface area contributed by atoms with Gasteiger partial charge in [0.15, 0.2) is 0 Å². The lowest BCUT2D eigenvalue weighted by atomic mass is 10.1. The van der Waals surface area contributed by atoms with Crippen LogP contribution in [0.1, 0.15) is 38.3 Å². The van der Waals surface area contributed by atoms with Crippen molar-refractivity contribution in [3.63, 3.8) is 0 Å². The van der Waals surface area contributed by atoms with Crippen molar-refractivity contribution in [2.24, 2.45) is 0 Å². The standard InChI is InChI=1S/C23H28ClN3O4S/c1-4-21(23(29)25-16(2)3)26(13-18-7-5-6-8-20(18)24)22(28)15-32-14-17-9-11-19(12-10-17)27(30)31/h5-12,16,21H,4,13-15H2,1-3H3,(H,25,29)/t21-/m0/s1. The van der Waals surface area contributed by atoms with Gasteiger partial charge in [-0.3, -0.25) is 19.7 Å². The van der Waals surface area contributed by atoms with Gasteiger partial charge in [-0.05, 0) is 37.5 Å². The first kappa shape index (κ1) is 25.7. The number of thioether (sulfide) groups is 1. The fourth-order valence-electron chi connectivity index (χ4n) is 3.16. The summed E-state index contributed by atoms with van der Waals surface area (Å²) < 4.78 is 0. The SMILES string of the molecule is CC[C@@H](C(=O)NC(C)C)N(Cc1ccccc1Cl)C(=O)CSCc1ccc([N+](=O)[O-])cc1. The quantitative estimate of drug-likeness (QED) is 0.370. The number of carbonyl (C=O) groups is 2. The van der Waals surface area contributed by atoms with Crippen LogP contribution in [-0.2, 0) is 21.9 Å². The van der Waals surface area contributed by atoms with E-state index in [9.17, 15) is 19.7 Å². The summed E-state index contributed by atoms with van der Waals surface area (Å²) in [4.78, 5) is 37.9. The lowest BCUT2D eigenvalue weighted by Crippen LogP contribution is -2.51. The lowest BCUT2D eigenvalue weighted by molar-refractivity contribution is -0.384. The molecule has 2 amide bonds. The second-order valence-corrected chi connectivity index (χ2v) is 9.01. The molecule has 0 radical (unpaired) electrons. The molecule has 2 aromatic carbocycles. The summed E-state index contributed by atoms with van der Waals surface area (Å²) in [6, 6.07) is 12.9. The molecule has 0 aliphatic rings. The Balaban J connectivity index is 2.12. The number of hydrogen-bond acceptors (Lipinski definition) is 5. The maximum atomic E-state index is 13.2. The van der Waals surface area contributed by atoms with Gasteiger partial charge in [0.1, 0.15) is 6.04 Å². The summed E-state index contributed by atoms with van der Waals surface area (Å²) in [5.74, 6) is 0.344. The molecule has 0 fully saturated rings. The summed E-state index contributed by atoms with van der Waals surface area (Å²) in [6.45, 7) is 5.87. The predicted octanol–water partition coefficient (Wildman–Crippen LogP) is 4.81. The number of nitrogens with one attached hydrogen (secondary N) is 1. The van der Waals surface area contributed by atoms with E-state index in [-0.39, 0.29) is 35.8 Å². The van der Waals surface area contributed by atoms with Crippen LogP contribution in [0.15, 0.2) is 48.5 Å². The van der Waals surface area contributed by atoms with Crippen LogP contribution in [0.25, 0.3) is 0 Å². The van der Waals surface area contributed by atoms with Crippen molar-refractivity contribution in [2.75, 3.05) is 5.75 Å². The van der Waals surface area contributed by atoms with Gasteiger partial charge in [-0.15, -0.1) is 11.8 Å². The van der Waals surface area contributed by atoms with Crippen LogP contribution in [0.2, 0.25) is 5.02 Å². The Labute approximate surface area is 197 Å². The van der Waals surface area contributed by atoms with Crippen LogP contribution >= 0.6 is 23.4 Å². The zero-order valence-electron chi connectivity index (χ0n) is 18.4. The monoisotopic (exact) mass is 477 g/mol. The van der Waals surface area contributed by atoms with E-state index < -0.39 is 11.0 Å². The van der Waals surface area contributed by atoms with Crippen molar-refractivity contribution in [1.29, 1.82) is 0 Å². The van der Waals surface area contributed by atoms with Crippen molar-refractivity contribution in [3.8, 4) is 0 Å². The molecule has 7 nitrogen and oxygen atoms in total. The molecule has 0 saturated heterocycles. The van der Waals surface area contributed by atoms with Crippen LogP contribution in [0.3, 0.4) is 0 Å². The van der Waals surface area contributed by atoms with Crippen LogP contribution in [-0.4, -0.2) is 39.5 Å².